The Kier molecular flexibility index (Phi) is 4.64. The first kappa shape index (κ1) is 17.7. The summed E-state index contributed by atoms with van der Waals surface area (Å²) in [6.45, 7) is 6.53. The Bertz CT molecular complexity index is 755. The molecule has 0 saturated heterocycles. The lowest BCUT2D eigenvalue weighted by molar-refractivity contribution is 0.0707. The van der Waals surface area contributed by atoms with E-state index in [9.17, 15) is 5.11 Å². The van der Waals surface area contributed by atoms with E-state index in [0.717, 1.165) is 11.1 Å². The molecular formula is C17H21Cl2N3O2. The van der Waals surface area contributed by atoms with Gasteiger partial charge in [0.05, 0.1) is 18.7 Å². The molecule has 2 aromatic rings. The second-order valence-corrected chi connectivity index (χ2v) is 8.20. The number of hydrogen-bond acceptors (Lipinski definition) is 5. The van der Waals surface area contributed by atoms with Crippen LogP contribution < -0.4 is 0 Å². The van der Waals surface area contributed by atoms with E-state index in [4.69, 9.17) is 27.7 Å². The number of rotatable bonds is 3. The van der Waals surface area contributed by atoms with Crippen molar-refractivity contribution in [1.29, 1.82) is 0 Å². The fraction of sp³-hybridized carbons (Fsp3) is 0.529. The molecule has 0 fully saturated rings. The van der Waals surface area contributed by atoms with Crippen LogP contribution >= 0.6 is 23.2 Å². The van der Waals surface area contributed by atoms with Gasteiger partial charge in [-0.2, -0.15) is 4.98 Å². The number of nitrogens with zero attached hydrogens (tertiary/aromatic N) is 3. The summed E-state index contributed by atoms with van der Waals surface area (Å²) in [6, 6.07) is 3.38. The van der Waals surface area contributed by atoms with Crippen LogP contribution in [0.15, 0.2) is 16.7 Å². The molecule has 2 atom stereocenters. The molecule has 1 aromatic heterocycles. The minimum atomic E-state index is -0.546. The Morgan fingerprint density at radius 1 is 1.33 bits per heavy atom. The molecule has 1 heterocycles. The fourth-order valence-corrected chi connectivity index (χ4v) is 3.69. The van der Waals surface area contributed by atoms with Crippen molar-refractivity contribution >= 4 is 23.2 Å². The zero-order valence-corrected chi connectivity index (χ0v) is 15.7. The lowest BCUT2D eigenvalue weighted by Crippen LogP contribution is -2.31. The van der Waals surface area contributed by atoms with Gasteiger partial charge in [-0.05, 0) is 30.3 Å². The highest BCUT2D eigenvalue weighted by Gasteiger charge is 2.36. The second-order valence-electron chi connectivity index (χ2n) is 7.35. The summed E-state index contributed by atoms with van der Waals surface area (Å²) in [5, 5.41) is 15.7. The van der Waals surface area contributed by atoms with Gasteiger partial charge in [0.15, 0.2) is 5.82 Å². The molecule has 0 bridgehead atoms. The van der Waals surface area contributed by atoms with Gasteiger partial charge in [0.25, 0.3) is 0 Å². The molecule has 0 unspecified atom stereocenters. The van der Waals surface area contributed by atoms with Gasteiger partial charge < -0.3 is 9.63 Å². The van der Waals surface area contributed by atoms with Crippen molar-refractivity contribution in [3.05, 3.63) is 45.0 Å². The number of aliphatic hydroxyl groups is 1. The Morgan fingerprint density at radius 3 is 2.67 bits per heavy atom. The zero-order valence-electron chi connectivity index (χ0n) is 14.2. The molecule has 0 spiro atoms. The van der Waals surface area contributed by atoms with Gasteiger partial charge in [-0.3, -0.25) is 4.90 Å². The SMILES string of the molecule is CN(Cc1noc(C(C)(C)C)n1)[C@@H]1c2cc(Cl)cc(Cl)c2C[C@@H]1O. The van der Waals surface area contributed by atoms with Crippen molar-refractivity contribution in [2.24, 2.45) is 0 Å². The fourth-order valence-electron chi connectivity index (χ4n) is 3.11. The van der Waals surface area contributed by atoms with Crippen molar-refractivity contribution < 1.29 is 9.63 Å². The smallest absolute Gasteiger partial charge is 0.232 e. The van der Waals surface area contributed by atoms with Crippen molar-refractivity contribution in [2.75, 3.05) is 7.05 Å². The minimum Gasteiger partial charge on any atom is -0.391 e. The monoisotopic (exact) mass is 369 g/mol. The average Bonchev–Trinajstić information content (AvgIpc) is 3.02. The summed E-state index contributed by atoms with van der Waals surface area (Å²) in [6.07, 6.45) is -0.0326. The molecule has 1 aliphatic carbocycles. The molecule has 0 saturated carbocycles. The van der Waals surface area contributed by atoms with Gasteiger partial charge in [-0.15, -0.1) is 0 Å². The molecular weight excluding hydrogens is 349 g/mol. The molecule has 24 heavy (non-hydrogen) atoms. The maximum Gasteiger partial charge on any atom is 0.232 e. The number of likely N-dealkylation sites (N-methyl/N-ethyl adjacent to an activating group) is 1. The van der Waals surface area contributed by atoms with Crippen LogP contribution in [0.3, 0.4) is 0 Å². The number of aromatic nitrogens is 2. The number of benzene rings is 1. The topological polar surface area (TPSA) is 62.4 Å². The quantitative estimate of drug-likeness (QED) is 0.891. The van der Waals surface area contributed by atoms with Gasteiger partial charge in [0, 0.05) is 21.9 Å². The van der Waals surface area contributed by atoms with Crippen molar-refractivity contribution in [1.82, 2.24) is 15.0 Å². The Morgan fingerprint density at radius 2 is 2.04 bits per heavy atom. The molecule has 1 N–H and O–H groups in total. The number of hydrogen-bond donors (Lipinski definition) is 1. The molecule has 0 aliphatic heterocycles. The van der Waals surface area contributed by atoms with E-state index in [0.29, 0.717) is 34.7 Å². The third kappa shape index (κ3) is 3.31. The first-order valence-electron chi connectivity index (χ1n) is 7.86. The van der Waals surface area contributed by atoms with Crippen LogP contribution in [-0.4, -0.2) is 33.3 Å². The third-order valence-electron chi connectivity index (χ3n) is 4.27. The summed E-state index contributed by atoms with van der Waals surface area (Å²) in [7, 11) is 1.92. The Labute approximate surface area is 151 Å². The van der Waals surface area contributed by atoms with Gasteiger partial charge in [-0.1, -0.05) is 49.1 Å². The van der Waals surface area contributed by atoms with Crippen LogP contribution in [0.5, 0.6) is 0 Å². The number of aliphatic hydroxyl groups excluding tert-OH is 1. The van der Waals surface area contributed by atoms with Crippen LogP contribution in [0, 0.1) is 0 Å². The lowest BCUT2D eigenvalue weighted by Gasteiger charge is -2.26. The molecule has 5 nitrogen and oxygen atoms in total. The predicted molar refractivity (Wildman–Crippen MR) is 93.4 cm³/mol. The van der Waals surface area contributed by atoms with Gasteiger partial charge in [-0.25, -0.2) is 0 Å². The standard InChI is InChI=1S/C17H21Cl2N3O2/c1-17(2,3)16-20-14(21-24-16)8-22(4)15-11-5-9(18)6-12(19)10(11)7-13(15)23/h5-6,13,15,23H,7-8H2,1-4H3/t13-,15+/m0/s1. The van der Waals surface area contributed by atoms with Crippen LogP contribution in [0.1, 0.15) is 49.7 Å². The summed E-state index contributed by atoms with van der Waals surface area (Å²) in [4.78, 5) is 6.46. The predicted octanol–water partition coefficient (Wildman–Crippen LogP) is 3.76. The zero-order chi connectivity index (χ0) is 17.6. The van der Waals surface area contributed by atoms with E-state index in [1.165, 1.54) is 0 Å². The van der Waals surface area contributed by atoms with Gasteiger partial charge >= 0.3 is 0 Å². The second kappa shape index (κ2) is 6.30. The average molecular weight is 370 g/mol. The van der Waals surface area contributed by atoms with E-state index >= 15 is 0 Å². The van der Waals surface area contributed by atoms with Gasteiger partial charge in [0.2, 0.25) is 5.89 Å². The Balaban J connectivity index is 1.84. The normalized spacial score (nSPS) is 20.7. The van der Waals surface area contributed by atoms with Gasteiger partial charge in [0.1, 0.15) is 0 Å². The number of halogens is 2. The highest BCUT2D eigenvalue weighted by atomic mass is 35.5. The molecule has 1 aliphatic rings. The van der Waals surface area contributed by atoms with E-state index in [-0.39, 0.29) is 11.5 Å². The molecule has 0 amide bonds. The minimum absolute atomic E-state index is 0.190. The third-order valence-corrected chi connectivity index (χ3v) is 4.82. The van der Waals surface area contributed by atoms with Crippen LogP contribution in [0.2, 0.25) is 10.0 Å². The molecule has 0 radical (unpaired) electrons. The summed E-state index contributed by atoms with van der Waals surface area (Å²) >= 11 is 12.4. The van der Waals surface area contributed by atoms with Crippen molar-refractivity contribution in [3.63, 3.8) is 0 Å². The van der Waals surface area contributed by atoms with E-state index in [1.54, 1.807) is 6.07 Å². The summed E-state index contributed by atoms with van der Waals surface area (Å²) < 4.78 is 5.33. The summed E-state index contributed by atoms with van der Waals surface area (Å²) in [5.41, 5.74) is 1.72. The van der Waals surface area contributed by atoms with Crippen LogP contribution in [0.4, 0.5) is 0 Å². The molecule has 3 rings (SSSR count). The maximum atomic E-state index is 10.5. The maximum absolute atomic E-state index is 10.5. The van der Waals surface area contributed by atoms with Crippen molar-refractivity contribution in [3.8, 4) is 0 Å². The first-order chi connectivity index (χ1) is 11.2. The lowest BCUT2D eigenvalue weighted by atomic mass is 9.97. The summed E-state index contributed by atoms with van der Waals surface area (Å²) in [5.74, 6) is 1.19. The molecule has 1 aromatic carbocycles. The highest BCUT2D eigenvalue weighted by molar-refractivity contribution is 6.35. The highest BCUT2D eigenvalue weighted by Crippen LogP contribution is 2.41. The van der Waals surface area contributed by atoms with Crippen LogP contribution in [0.25, 0.3) is 0 Å². The van der Waals surface area contributed by atoms with Crippen LogP contribution in [-0.2, 0) is 18.4 Å². The molecule has 130 valence electrons. The first-order valence-corrected chi connectivity index (χ1v) is 8.61. The van der Waals surface area contributed by atoms with Crippen molar-refractivity contribution in [2.45, 2.75) is 51.3 Å². The number of fused-ring (bicyclic) bond motifs is 1. The van der Waals surface area contributed by atoms with E-state index < -0.39 is 6.10 Å². The molecule has 7 heteroatoms. The van der Waals surface area contributed by atoms with E-state index in [2.05, 4.69) is 10.1 Å². The Hall–Kier alpha value is -1.14. The van der Waals surface area contributed by atoms with E-state index in [1.807, 2.05) is 38.8 Å². The largest absolute Gasteiger partial charge is 0.391 e.